The molecule has 0 radical (unpaired) electrons. The third kappa shape index (κ3) is 4.37. The number of nitrogens with one attached hydrogen (secondary N) is 1. The van der Waals surface area contributed by atoms with Crippen LogP contribution in [0.5, 0.6) is 0 Å². The van der Waals surface area contributed by atoms with E-state index in [2.05, 4.69) is 5.32 Å². The molecule has 0 aromatic carbocycles. The molecule has 2 atom stereocenters. The lowest BCUT2D eigenvalue weighted by Gasteiger charge is -2.15. The highest BCUT2D eigenvalue weighted by Gasteiger charge is 2.32. The van der Waals surface area contributed by atoms with Crippen molar-refractivity contribution in [3.05, 3.63) is 0 Å². The van der Waals surface area contributed by atoms with E-state index in [9.17, 15) is 13.2 Å². The van der Waals surface area contributed by atoms with E-state index in [0.29, 0.717) is 19.6 Å². The average Bonchev–Trinajstić information content (AvgIpc) is 2.74. The maximum absolute atomic E-state index is 11.9. The van der Waals surface area contributed by atoms with Gasteiger partial charge < -0.3 is 10.1 Å². The zero-order valence-electron chi connectivity index (χ0n) is 10.4. The second-order valence-corrected chi connectivity index (χ2v) is 6.71. The van der Waals surface area contributed by atoms with Crippen LogP contribution < -0.4 is 5.32 Å². The van der Waals surface area contributed by atoms with Gasteiger partial charge in [0.15, 0.2) is 9.84 Å². The Kier molecular flexibility index (Phi) is 5.55. The van der Waals surface area contributed by atoms with Crippen LogP contribution in [0.4, 0.5) is 0 Å². The van der Waals surface area contributed by atoms with Crippen LogP contribution in [-0.4, -0.2) is 52.0 Å². The normalized spacial score (nSPS) is 25.1. The Hall–Kier alpha value is -0.460. The van der Waals surface area contributed by atoms with E-state index >= 15 is 0 Å². The van der Waals surface area contributed by atoms with Crippen LogP contribution in [0.2, 0.25) is 0 Å². The van der Waals surface area contributed by atoms with Gasteiger partial charge in [-0.1, -0.05) is 6.92 Å². The molecule has 0 aromatic rings. The van der Waals surface area contributed by atoms with Gasteiger partial charge in [-0.3, -0.25) is 4.79 Å². The third-order valence-electron chi connectivity index (χ3n) is 3.04. The summed E-state index contributed by atoms with van der Waals surface area (Å²) in [5.74, 6) is -0.0814. The van der Waals surface area contributed by atoms with Gasteiger partial charge in [0.2, 0.25) is 0 Å². The minimum Gasteiger partial charge on any atom is -0.379 e. The van der Waals surface area contributed by atoms with Crippen LogP contribution in [0.1, 0.15) is 19.8 Å². The largest absolute Gasteiger partial charge is 0.379 e. The quantitative estimate of drug-likeness (QED) is 0.700. The molecule has 0 bridgehead atoms. The van der Waals surface area contributed by atoms with Crippen molar-refractivity contribution in [3.8, 4) is 0 Å². The lowest BCUT2D eigenvalue weighted by atomic mass is 9.97. The summed E-state index contributed by atoms with van der Waals surface area (Å²) in [5.41, 5.74) is 0. The molecular formula is C11H21NO4S. The number of hydrogen-bond acceptors (Lipinski definition) is 5. The minimum atomic E-state index is -3.06. The molecule has 100 valence electrons. The van der Waals surface area contributed by atoms with E-state index in [1.165, 1.54) is 0 Å². The fraction of sp³-hybridized carbons (Fsp3) is 0.909. The number of likely N-dealkylation sites (N-methyl/N-ethyl adjacent to an activating group) is 1. The van der Waals surface area contributed by atoms with E-state index in [1.807, 2.05) is 6.92 Å². The summed E-state index contributed by atoms with van der Waals surface area (Å²) in [4.78, 5) is 11.9. The average molecular weight is 263 g/mol. The zero-order chi connectivity index (χ0) is 12.9. The molecule has 1 rings (SSSR count). The van der Waals surface area contributed by atoms with Gasteiger partial charge in [-0.25, -0.2) is 8.42 Å². The summed E-state index contributed by atoms with van der Waals surface area (Å²) in [6.07, 6.45) is 0.705. The molecule has 1 N–H and O–H groups in total. The SMILES string of the molecule is CCCS(=O)(=O)CCC(=O)C1COCC1NC. The summed E-state index contributed by atoms with van der Waals surface area (Å²) < 4.78 is 28.2. The summed E-state index contributed by atoms with van der Waals surface area (Å²) in [7, 11) is -1.28. The Bertz CT molecular complexity index is 352. The Morgan fingerprint density at radius 3 is 2.65 bits per heavy atom. The van der Waals surface area contributed by atoms with Gasteiger partial charge in [-0.05, 0) is 13.5 Å². The lowest BCUT2D eigenvalue weighted by molar-refractivity contribution is -0.122. The highest BCUT2D eigenvalue weighted by molar-refractivity contribution is 7.91. The molecule has 0 aliphatic carbocycles. The second-order valence-electron chi connectivity index (χ2n) is 4.41. The molecule has 17 heavy (non-hydrogen) atoms. The summed E-state index contributed by atoms with van der Waals surface area (Å²) in [6, 6.07) is 0.0244. The number of sulfone groups is 1. The van der Waals surface area contributed by atoms with E-state index in [4.69, 9.17) is 4.74 Å². The van der Waals surface area contributed by atoms with Crippen molar-refractivity contribution in [2.24, 2.45) is 5.92 Å². The van der Waals surface area contributed by atoms with Crippen LogP contribution in [0, 0.1) is 5.92 Å². The van der Waals surface area contributed by atoms with Gasteiger partial charge in [0.25, 0.3) is 0 Å². The van der Waals surface area contributed by atoms with Gasteiger partial charge in [-0.2, -0.15) is 0 Å². The zero-order valence-corrected chi connectivity index (χ0v) is 11.3. The van der Waals surface area contributed by atoms with Gasteiger partial charge in [0.1, 0.15) is 5.78 Å². The highest BCUT2D eigenvalue weighted by Crippen LogP contribution is 2.16. The van der Waals surface area contributed by atoms with Crippen molar-refractivity contribution < 1.29 is 17.9 Å². The minimum absolute atomic E-state index is 0.0125. The first-order valence-corrected chi connectivity index (χ1v) is 7.80. The molecular weight excluding hydrogens is 242 g/mol. The van der Waals surface area contributed by atoms with E-state index < -0.39 is 9.84 Å². The molecule has 1 aliphatic rings. The first-order chi connectivity index (χ1) is 8.00. The Labute approximate surface area is 103 Å². The number of hydrogen-bond donors (Lipinski definition) is 1. The summed E-state index contributed by atoms with van der Waals surface area (Å²) in [5, 5.41) is 3.02. The Morgan fingerprint density at radius 2 is 2.06 bits per heavy atom. The molecule has 2 unspecified atom stereocenters. The second kappa shape index (κ2) is 6.47. The maximum atomic E-state index is 11.9. The number of Topliss-reactive ketones (excluding diaryl/α,β-unsaturated/α-hetero) is 1. The molecule has 0 spiro atoms. The van der Waals surface area contributed by atoms with E-state index in [0.717, 1.165) is 0 Å². The van der Waals surface area contributed by atoms with Crippen molar-refractivity contribution in [1.82, 2.24) is 5.32 Å². The van der Waals surface area contributed by atoms with Crippen LogP contribution in [0.3, 0.4) is 0 Å². The standard InChI is InChI=1S/C11H21NO4S/c1-3-5-17(14,15)6-4-11(13)9-7-16-8-10(9)12-2/h9-10,12H,3-8H2,1-2H3. The van der Waals surface area contributed by atoms with Crippen molar-refractivity contribution in [3.63, 3.8) is 0 Å². The summed E-state index contributed by atoms with van der Waals surface area (Å²) in [6.45, 7) is 2.74. The third-order valence-corrected chi connectivity index (χ3v) is 4.90. The van der Waals surface area contributed by atoms with Crippen molar-refractivity contribution in [2.45, 2.75) is 25.8 Å². The topological polar surface area (TPSA) is 72.5 Å². The lowest BCUT2D eigenvalue weighted by Crippen LogP contribution is -2.37. The van der Waals surface area contributed by atoms with Gasteiger partial charge in [-0.15, -0.1) is 0 Å². The van der Waals surface area contributed by atoms with Gasteiger partial charge in [0, 0.05) is 18.2 Å². The number of ether oxygens (including phenoxy) is 1. The molecule has 1 heterocycles. The number of carbonyl (C=O) groups excluding carboxylic acids is 1. The summed E-state index contributed by atoms with van der Waals surface area (Å²) >= 11 is 0. The molecule has 1 saturated heterocycles. The monoisotopic (exact) mass is 263 g/mol. The molecule has 5 nitrogen and oxygen atoms in total. The fourth-order valence-corrected chi connectivity index (χ4v) is 3.35. The first kappa shape index (κ1) is 14.6. The Balaban J connectivity index is 2.44. The molecule has 0 aromatic heterocycles. The van der Waals surface area contributed by atoms with Crippen molar-refractivity contribution >= 4 is 15.6 Å². The first-order valence-electron chi connectivity index (χ1n) is 5.98. The maximum Gasteiger partial charge on any atom is 0.150 e. The Morgan fingerprint density at radius 1 is 1.35 bits per heavy atom. The van der Waals surface area contributed by atoms with Crippen LogP contribution >= 0.6 is 0 Å². The van der Waals surface area contributed by atoms with Crippen molar-refractivity contribution in [2.75, 3.05) is 31.8 Å². The smallest absolute Gasteiger partial charge is 0.150 e. The fourth-order valence-electron chi connectivity index (χ4n) is 2.01. The van der Waals surface area contributed by atoms with Crippen LogP contribution in [0.15, 0.2) is 0 Å². The van der Waals surface area contributed by atoms with Crippen molar-refractivity contribution in [1.29, 1.82) is 0 Å². The number of rotatable bonds is 7. The molecule has 0 amide bonds. The predicted molar refractivity (Wildman–Crippen MR) is 65.7 cm³/mol. The predicted octanol–water partition coefficient (Wildman–Crippen LogP) is 0.00480. The number of ketones is 1. The molecule has 1 fully saturated rings. The van der Waals surface area contributed by atoms with Gasteiger partial charge in [0.05, 0.1) is 24.9 Å². The van der Waals surface area contributed by atoms with E-state index in [1.54, 1.807) is 7.05 Å². The van der Waals surface area contributed by atoms with E-state index in [-0.39, 0.29) is 35.7 Å². The molecule has 1 aliphatic heterocycles. The molecule has 0 saturated carbocycles. The van der Waals surface area contributed by atoms with Gasteiger partial charge >= 0.3 is 0 Å². The highest BCUT2D eigenvalue weighted by atomic mass is 32.2. The van der Waals surface area contributed by atoms with Crippen LogP contribution in [-0.2, 0) is 19.4 Å². The van der Waals surface area contributed by atoms with Crippen LogP contribution in [0.25, 0.3) is 0 Å². The number of carbonyl (C=O) groups is 1. The molecule has 6 heteroatoms.